The first kappa shape index (κ1) is 5.21. The van der Waals surface area contributed by atoms with Crippen LogP contribution in [0, 0.1) is 5.92 Å². The molecule has 0 radical (unpaired) electrons. The Hall–Kier alpha value is -0.600. The molecule has 1 aliphatic heterocycles. The van der Waals surface area contributed by atoms with E-state index in [1.165, 1.54) is 0 Å². The van der Waals surface area contributed by atoms with Crippen LogP contribution in [0.2, 0.25) is 0 Å². The van der Waals surface area contributed by atoms with Gasteiger partial charge in [-0.05, 0) is 0 Å². The van der Waals surface area contributed by atoms with E-state index < -0.39 is 0 Å². The minimum atomic E-state index is 0.287. The molecule has 0 spiro atoms. The predicted octanol–water partition coefficient (Wildman–Crippen LogP) is 0.632. The smallest absolute Gasteiger partial charge is 0.105 e. The number of rotatable bonds is 0. The molecule has 48 valence electrons. The second kappa shape index (κ2) is 1.97. The summed E-state index contributed by atoms with van der Waals surface area (Å²) in [6, 6.07) is 0. The fourth-order valence-electron chi connectivity index (χ4n) is 1.18. The van der Waals surface area contributed by atoms with Gasteiger partial charge in [-0.25, -0.2) is 5.48 Å². The van der Waals surface area contributed by atoms with Crippen molar-refractivity contribution in [2.24, 2.45) is 5.92 Å². The predicted molar refractivity (Wildman–Crippen MR) is 34.6 cm³/mol. The lowest BCUT2D eigenvalue weighted by Gasteiger charge is -2.10. The second-order valence-corrected chi connectivity index (χ2v) is 2.36. The quantitative estimate of drug-likeness (QED) is 0.510. The Morgan fingerprint density at radius 1 is 1.33 bits per heavy atom. The molecular weight excluding hydrogens is 114 g/mol. The van der Waals surface area contributed by atoms with Crippen molar-refractivity contribution in [1.29, 1.82) is 0 Å². The maximum Gasteiger partial charge on any atom is 0.105 e. The number of hydroxylamine groups is 1. The molecule has 0 bridgehead atoms. The van der Waals surface area contributed by atoms with Crippen LogP contribution < -0.4 is 5.48 Å². The summed E-state index contributed by atoms with van der Waals surface area (Å²) in [6.45, 7) is 0.950. The lowest BCUT2D eigenvalue weighted by Crippen LogP contribution is -2.13. The van der Waals surface area contributed by atoms with E-state index in [0.29, 0.717) is 5.92 Å². The molecule has 2 atom stereocenters. The van der Waals surface area contributed by atoms with Crippen LogP contribution in [0.3, 0.4) is 0 Å². The average molecular weight is 123 g/mol. The number of hydrogen-bond acceptors (Lipinski definition) is 2. The molecule has 2 nitrogen and oxygen atoms in total. The van der Waals surface area contributed by atoms with E-state index in [1.54, 1.807) is 0 Å². The van der Waals surface area contributed by atoms with Gasteiger partial charge in [0, 0.05) is 12.5 Å². The van der Waals surface area contributed by atoms with Crippen molar-refractivity contribution < 1.29 is 4.84 Å². The molecule has 9 heavy (non-hydrogen) atoms. The molecule has 1 saturated heterocycles. The maximum atomic E-state index is 5.17. The molecule has 0 aromatic carbocycles. The molecule has 0 aromatic rings. The third-order valence-electron chi connectivity index (χ3n) is 1.73. The summed E-state index contributed by atoms with van der Waals surface area (Å²) in [4.78, 5) is 5.17. The summed E-state index contributed by atoms with van der Waals surface area (Å²) < 4.78 is 0. The number of fused-ring (bicyclic) bond motifs is 1. The van der Waals surface area contributed by atoms with Crippen LogP contribution in [0.1, 0.15) is 0 Å². The van der Waals surface area contributed by atoms with Crippen LogP contribution in [0.15, 0.2) is 24.3 Å². The monoisotopic (exact) mass is 123 g/mol. The van der Waals surface area contributed by atoms with E-state index in [9.17, 15) is 0 Å². The van der Waals surface area contributed by atoms with Crippen molar-refractivity contribution in [3.63, 3.8) is 0 Å². The van der Waals surface area contributed by atoms with Crippen LogP contribution in [-0.4, -0.2) is 12.6 Å². The zero-order valence-electron chi connectivity index (χ0n) is 5.08. The van der Waals surface area contributed by atoms with Crippen LogP contribution >= 0.6 is 0 Å². The van der Waals surface area contributed by atoms with Gasteiger partial charge in [0.1, 0.15) is 6.10 Å². The molecule has 2 aliphatic rings. The van der Waals surface area contributed by atoms with Gasteiger partial charge in [-0.2, -0.15) is 0 Å². The highest BCUT2D eigenvalue weighted by atomic mass is 16.7. The van der Waals surface area contributed by atoms with E-state index in [0.717, 1.165) is 6.54 Å². The summed E-state index contributed by atoms with van der Waals surface area (Å²) in [5.74, 6) is 0.565. The van der Waals surface area contributed by atoms with Gasteiger partial charge in [0.05, 0.1) is 0 Å². The zero-order chi connectivity index (χ0) is 6.10. The van der Waals surface area contributed by atoms with E-state index in [4.69, 9.17) is 4.84 Å². The molecule has 0 aromatic heterocycles. The summed E-state index contributed by atoms with van der Waals surface area (Å²) in [7, 11) is 0. The molecule has 2 rings (SSSR count). The summed E-state index contributed by atoms with van der Waals surface area (Å²) >= 11 is 0. The molecule has 2 heteroatoms. The van der Waals surface area contributed by atoms with Crippen LogP contribution in [-0.2, 0) is 4.84 Å². The van der Waals surface area contributed by atoms with Gasteiger partial charge in [-0.15, -0.1) is 0 Å². The topological polar surface area (TPSA) is 21.3 Å². The molecule has 2 unspecified atom stereocenters. The van der Waals surface area contributed by atoms with Crippen molar-refractivity contribution in [2.45, 2.75) is 6.10 Å². The number of hydrogen-bond donors (Lipinski definition) is 1. The van der Waals surface area contributed by atoms with Gasteiger partial charge in [0.15, 0.2) is 0 Å². The zero-order valence-corrected chi connectivity index (χ0v) is 5.08. The SMILES string of the molecule is C1=CC2CNOC2C=C1. The molecule has 1 fully saturated rings. The van der Waals surface area contributed by atoms with Gasteiger partial charge in [0.25, 0.3) is 0 Å². The fourth-order valence-corrected chi connectivity index (χ4v) is 1.18. The lowest BCUT2D eigenvalue weighted by atomic mass is 9.99. The normalized spacial score (nSPS) is 39.1. The minimum absolute atomic E-state index is 0.287. The first-order valence-corrected chi connectivity index (χ1v) is 3.20. The minimum Gasteiger partial charge on any atom is -0.294 e. The lowest BCUT2D eigenvalue weighted by molar-refractivity contribution is 0.0551. The van der Waals surface area contributed by atoms with Gasteiger partial charge in [0.2, 0.25) is 0 Å². The molecule has 0 saturated carbocycles. The summed E-state index contributed by atoms with van der Waals surface area (Å²) in [5.41, 5.74) is 2.86. The van der Waals surface area contributed by atoms with Crippen LogP contribution in [0.5, 0.6) is 0 Å². The van der Waals surface area contributed by atoms with Crippen LogP contribution in [0.4, 0.5) is 0 Å². The Kier molecular flexibility index (Phi) is 1.14. The Balaban J connectivity index is 2.18. The van der Waals surface area contributed by atoms with Gasteiger partial charge >= 0.3 is 0 Å². The molecule has 0 amide bonds. The van der Waals surface area contributed by atoms with Crippen molar-refractivity contribution in [3.8, 4) is 0 Å². The average Bonchev–Trinajstić information content (AvgIpc) is 2.33. The first-order chi connectivity index (χ1) is 4.47. The van der Waals surface area contributed by atoms with E-state index in [2.05, 4.69) is 23.7 Å². The van der Waals surface area contributed by atoms with Gasteiger partial charge < -0.3 is 0 Å². The summed E-state index contributed by atoms with van der Waals surface area (Å²) in [5, 5.41) is 0. The first-order valence-electron chi connectivity index (χ1n) is 3.20. The highest BCUT2D eigenvalue weighted by Crippen LogP contribution is 2.18. The molecular formula is C7H9NO. The second-order valence-electron chi connectivity index (χ2n) is 2.36. The Morgan fingerprint density at radius 2 is 2.22 bits per heavy atom. The number of nitrogens with one attached hydrogen (secondary N) is 1. The van der Waals surface area contributed by atoms with E-state index in [-0.39, 0.29) is 6.10 Å². The standard InChI is InChI=1S/C7H9NO/c1-2-4-7-6(3-1)5-8-9-7/h1-4,6-8H,5H2. The van der Waals surface area contributed by atoms with Crippen LogP contribution in [0.25, 0.3) is 0 Å². The fraction of sp³-hybridized carbons (Fsp3) is 0.429. The Bertz CT molecular complexity index is 144. The Morgan fingerprint density at radius 3 is 3.11 bits per heavy atom. The molecule has 1 heterocycles. The third kappa shape index (κ3) is 0.802. The van der Waals surface area contributed by atoms with E-state index in [1.807, 2.05) is 6.08 Å². The van der Waals surface area contributed by atoms with Gasteiger partial charge in [-0.3, -0.25) is 4.84 Å². The third-order valence-corrected chi connectivity index (χ3v) is 1.73. The molecule has 1 N–H and O–H groups in total. The maximum absolute atomic E-state index is 5.17. The van der Waals surface area contributed by atoms with Crippen molar-refractivity contribution in [1.82, 2.24) is 5.48 Å². The van der Waals surface area contributed by atoms with Crippen molar-refractivity contribution in [2.75, 3.05) is 6.54 Å². The highest BCUT2D eigenvalue weighted by molar-refractivity contribution is 5.16. The largest absolute Gasteiger partial charge is 0.294 e. The van der Waals surface area contributed by atoms with Crippen molar-refractivity contribution >= 4 is 0 Å². The molecule has 1 aliphatic carbocycles. The summed E-state index contributed by atoms with van der Waals surface area (Å²) in [6.07, 6.45) is 8.62. The van der Waals surface area contributed by atoms with E-state index >= 15 is 0 Å². The Labute approximate surface area is 54.2 Å². The van der Waals surface area contributed by atoms with Crippen molar-refractivity contribution in [3.05, 3.63) is 24.3 Å². The van der Waals surface area contributed by atoms with Gasteiger partial charge in [-0.1, -0.05) is 24.3 Å². The highest BCUT2D eigenvalue weighted by Gasteiger charge is 2.24. The number of allylic oxidation sites excluding steroid dienone is 2.